The van der Waals surface area contributed by atoms with Gasteiger partial charge in [-0.15, -0.1) is 0 Å². The fraction of sp³-hybridized carbons (Fsp3) is 0.538. The van der Waals surface area contributed by atoms with Crippen LogP contribution in [0.3, 0.4) is 0 Å². The number of rotatable bonds is 2. The number of hydrogen-bond donors (Lipinski definition) is 1. The van der Waals surface area contributed by atoms with Gasteiger partial charge in [-0.1, -0.05) is 17.7 Å². The molecule has 16 heavy (non-hydrogen) atoms. The summed E-state index contributed by atoms with van der Waals surface area (Å²) < 4.78 is 5.37. The van der Waals surface area contributed by atoms with Crippen molar-refractivity contribution in [1.29, 1.82) is 0 Å². The molecule has 1 fully saturated rings. The van der Waals surface area contributed by atoms with Crippen LogP contribution in [-0.2, 0) is 4.74 Å². The highest BCUT2D eigenvalue weighted by Gasteiger charge is 2.16. The van der Waals surface area contributed by atoms with Gasteiger partial charge in [-0.05, 0) is 25.5 Å². The predicted octanol–water partition coefficient (Wildman–Crippen LogP) is 1.85. The van der Waals surface area contributed by atoms with Crippen LogP contribution in [0, 0.1) is 6.92 Å². The maximum absolute atomic E-state index is 6.03. The van der Waals surface area contributed by atoms with Crippen molar-refractivity contribution < 1.29 is 4.74 Å². The monoisotopic (exact) mass is 220 g/mol. The highest BCUT2D eigenvalue weighted by atomic mass is 16.5. The second-order valence-corrected chi connectivity index (χ2v) is 4.45. The van der Waals surface area contributed by atoms with Gasteiger partial charge in [0.2, 0.25) is 0 Å². The molecule has 1 unspecified atom stereocenters. The Balaban J connectivity index is 2.31. The molecule has 3 heteroatoms. The summed E-state index contributed by atoms with van der Waals surface area (Å²) in [4.78, 5) is 2.36. The van der Waals surface area contributed by atoms with Crippen LogP contribution in [0.4, 0.5) is 5.69 Å². The van der Waals surface area contributed by atoms with Crippen molar-refractivity contribution >= 4 is 5.69 Å². The number of benzene rings is 1. The van der Waals surface area contributed by atoms with Gasteiger partial charge in [0.1, 0.15) is 0 Å². The molecule has 2 rings (SSSR count). The van der Waals surface area contributed by atoms with E-state index < -0.39 is 0 Å². The minimum absolute atomic E-state index is 0.0812. The molecular weight excluding hydrogens is 200 g/mol. The minimum Gasteiger partial charge on any atom is -0.378 e. The molecule has 0 aromatic heterocycles. The van der Waals surface area contributed by atoms with Crippen LogP contribution in [0.5, 0.6) is 0 Å². The molecule has 1 aromatic carbocycles. The molecule has 1 aliphatic heterocycles. The zero-order chi connectivity index (χ0) is 11.5. The Morgan fingerprint density at radius 1 is 1.31 bits per heavy atom. The van der Waals surface area contributed by atoms with Crippen LogP contribution in [0.15, 0.2) is 18.2 Å². The Bertz CT molecular complexity index is 357. The standard InChI is InChI=1S/C13H20N2O/c1-10-3-4-13(12(9-10)11(2)14)15-5-7-16-8-6-15/h3-4,9,11H,5-8,14H2,1-2H3. The van der Waals surface area contributed by atoms with E-state index in [1.54, 1.807) is 0 Å². The molecule has 1 atom stereocenters. The van der Waals surface area contributed by atoms with Crippen molar-refractivity contribution in [1.82, 2.24) is 0 Å². The average molecular weight is 220 g/mol. The predicted molar refractivity (Wildman–Crippen MR) is 66.8 cm³/mol. The Kier molecular flexibility index (Phi) is 3.46. The summed E-state index contributed by atoms with van der Waals surface area (Å²) >= 11 is 0. The molecule has 0 aliphatic carbocycles. The Morgan fingerprint density at radius 3 is 2.62 bits per heavy atom. The van der Waals surface area contributed by atoms with Gasteiger partial charge < -0.3 is 15.4 Å². The summed E-state index contributed by atoms with van der Waals surface area (Å²) in [6, 6.07) is 6.60. The van der Waals surface area contributed by atoms with Crippen molar-refractivity contribution in [2.24, 2.45) is 5.73 Å². The van der Waals surface area contributed by atoms with E-state index in [0.717, 1.165) is 26.3 Å². The smallest absolute Gasteiger partial charge is 0.0642 e. The van der Waals surface area contributed by atoms with E-state index in [0.29, 0.717) is 0 Å². The third-order valence-electron chi connectivity index (χ3n) is 3.03. The van der Waals surface area contributed by atoms with E-state index in [-0.39, 0.29) is 6.04 Å². The first-order chi connectivity index (χ1) is 7.68. The van der Waals surface area contributed by atoms with Gasteiger partial charge in [0.05, 0.1) is 13.2 Å². The van der Waals surface area contributed by atoms with Gasteiger partial charge in [0.25, 0.3) is 0 Å². The number of anilines is 1. The van der Waals surface area contributed by atoms with E-state index in [9.17, 15) is 0 Å². The lowest BCUT2D eigenvalue weighted by Gasteiger charge is -2.31. The normalized spacial score (nSPS) is 18.6. The van der Waals surface area contributed by atoms with Gasteiger partial charge in [0, 0.05) is 24.8 Å². The van der Waals surface area contributed by atoms with Crippen molar-refractivity contribution in [3.63, 3.8) is 0 Å². The van der Waals surface area contributed by atoms with Crippen molar-refractivity contribution in [3.8, 4) is 0 Å². The number of aryl methyl sites for hydroxylation is 1. The lowest BCUT2D eigenvalue weighted by molar-refractivity contribution is 0.122. The van der Waals surface area contributed by atoms with Crippen molar-refractivity contribution in [2.45, 2.75) is 19.9 Å². The van der Waals surface area contributed by atoms with E-state index in [1.807, 2.05) is 6.92 Å². The quantitative estimate of drug-likeness (QED) is 0.826. The topological polar surface area (TPSA) is 38.5 Å². The maximum Gasteiger partial charge on any atom is 0.0642 e. The molecule has 0 spiro atoms. The van der Waals surface area contributed by atoms with Crippen LogP contribution in [0.2, 0.25) is 0 Å². The Morgan fingerprint density at radius 2 is 2.00 bits per heavy atom. The lowest BCUT2D eigenvalue weighted by atomic mass is 10.0. The highest BCUT2D eigenvalue weighted by Crippen LogP contribution is 2.27. The number of nitrogens with zero attached hydrogens (tertiary/aromatic N) is 1. The summed E-state index contributed by atoms with van der Waals surface area (Å²) in [5, 5.41) is 0. The van der Waals surface area contributed by atoms with Crippen LogP contribution in [0.25, 0.3) is 0 Å². The SMILES string of the molecule is Cc1ccc(N2CCOCC2)c(C(C)N)c1. The van der Waals surface area contributed by atoms with Gasteiger partial charge in [-0.3, -0.25) is 0 Å². The first-order valence-corrected chi connectivity index (χ1v) is 5.87. The zero-order valence-electron chi connectivity index (χ0n) is 10.1. The molecule has 0 radical (unpaired) electrons. The second-order valence-electron chi connectivity index (χ2n) is 4.45. The first kappa shape index (κ1) is 11.4. The molecule has 3 nitrogen and oxygen atoms in total. The highest BCUT2D eigenvalue weighted by molar-refractivity contribution is 5.56. The van der Waals surface area contributed by atoms with E-state index >= 15 is 0 Å². The van der Waals surface area contributed by atoms with E-state index in [4.69, 9.17) is 10.5 Å². The number of hydrogen-bond acceptors (Lipinski definition) is 3. The van der Waals surface area contributed by atoms with Crippen LogP contribution in [0.1, 0.15) is 24.1 Å². The van der Waals surface area contributed by atoms with Crippen molar-refractivity contribution in [3.05, 3.63) is 29.3 Å². The van der Waals surface area contributed by atoms with Gasteiger partial charge in [0.15, 0.2) is 0 Å². The summed E-state index contributed by atoms with van der Waals surface area (Å²) in [5.74, 6) is 0. The lowest BCUT2D eigenvalue weighted by Crippen LogP contribution is -2.37. The van der Waals surface area contributed by atoms with Gasteiger partial charge in [-0.2, -0.15) is 0 Å². The molecule has 0 bridgehead atoms. The maximum atomic E-state index is 6.03. The first-order valence-electron chi connectivity index (χ1n) is 5.87. The molecule has 88 valence electrons. The zero-order valence-corrected chi connectivity index (χ0v) is 10.1. The summed E-state index contributed by atoms with van der Waals surface area (Å²) in [7, 11) is 0. The van der Waals surface area contributed by atoms with Gasteiger partial charge in [-0.25, -0.2) is 0 Å². The summed E-state index contributed by atoms with van der Waals surface area (Å²) in [5.41, 5.74) is 9.81. The van der Waals surface area contributed by atoms with Crippen LogP contribution < -0.4 is 10.6 Å². The van der Waals surface area contributed by atoms with E-state index in [1.165, 1.54) is 16.8 Å². The Hall–Kier alpha value is -1.06. The largest absolute Gasteiger partial charge is 0.378 e. The molecule has 2 N–H and O–H groups in total. The van der Waals surface area contributed by atoms with Crippen LogP contribution >= 0.6 is 0 Å². The molecule has 1 saturated heterocycles. The average Bonchev–Trinajstić information content (AvgIpc) is 2.30. The van der Waals surface area contributed by atoms with Gasteiger partial charge >= 0.3 is 0 Å². The fourth-order valence-corrected chi connectivity index (χ4v) is 2.13. The molecule has 0 amide bonds. The third kappa shape index (κ3) is 2.36. The molecule has 1 aromatic rings. The second kappa shape index (κ2) is 4.85. The van der Waals surface area contributed by atoms with E-state index in [2.05, 4.69) is 30.0 Å². The minimum atomic E-state index is 0.0812. The molecule has 1 heterocycles. The Labute approximate surface area is 97.2 Å². The molecule has 1 aliphatic rings. The number of ether oxygens (including phenoxy) is 1. The molecule has 0 saturated carbocycles. The van der Waals surface area contributed by atoms with Crippen molar-refractivity contribution in [2.75, 3.05) is 31.2 Å². The number of nitrogens with two attached hydrogens (primary N) is 1. The fourth-order valence-electron chi connectivity index (χ4n) is 2.13. The number of morpholine rings is 1. The summed E-state index contributed by atoms with van der Waals surface area (Å²) in [6.07, 6.45) is 0. The third-order valence-corrected chi connectivity index (χ3v) is 3.03. The molecular formula is C13H20N2O. The van der Waals surface area contributed by atoms with Crippen LogP contribution in [-0.4, -0.2) is 26.3 Å². The summed E-state index contributed by atoms with van der Waals surface area (Å²) in [6.45, 7) is 7.69.